The number of nitrogens with zero attached hydrogens (tertiary/aromatic N) is 2. The van der Waals surface area contributed by atoms with Gasteiger partial charge in [-0.05, 0) is 36.8 Å². The number of halogens is 3. The summed E-state index contributed by atoms with van der Waals surface area (Å²) in [5, 5.41) is 15.4. The molecule has 0 bridgehead atoms. The molecular formula is C21H19F3N4O6S. The Bertz CT molecular complexity index is 1420. The number of carbonyl (C=O) groups is 2. The zero-order valence-corrected chi connectivity index (χ0v) is 19.3. The number of aryl methyl sites for hydroxylation is 1. The summed E-state index contributed by atoms with van der Waals surface area (Å²) in [6.45, 7) is 1.69. The van der Waals surface area contributed by atoms with Crippen LogP contribution in [0.25, 0.3) is 5.69 Å². The number of sulfonamides is 1. The van der Waals surface area contributed by atoms with Crippen LogP contribution in [-0.2, 0) is 16.2 Å². The van der Waals surface area contributed by atoms with Crippen LogP contribution >= 0.6 is 0 Å². The highest BCUT2D eigenvalue weighted by molar-refractivity contribution is 7.92. The van der Waals surface area contributed by atoms with Gasteiger partial charge in [0.15, 0.2) is 5.75 Å². The Hall–Kier alpha value is -4.07. The van der Waals surface area contributed by atoms with E-state index in [0.717, 1.165) is 19.6 Å². The van der Waals surface area contributed by atoms with E-state index < -0.39 is 45.0 Å². The first-order valence-corrected chi connectivity index (χ1v) is 11.6. The van der Waals surface area contributed by atoms with Crippen LogP contribution in [0.2, 0.25) is 0 Å². The second-order valence-electron chi connectivity index (χ2n) is 7.41. The van der Waals surface area contributed by atoms with Gasteiger partial charge in [-0.1, -0.05) is 6.07 Å². The van der Waals surface area contributed by atoms with Gasteiger partial charge in [-0.2, -0.15) is 18.3 Å². The molecule has 0 unspecified atom stereocenters. The number of nitrogens with one attached hydrogen (secondary N) is 2. The number of ether oxygens (including phenoxy) is 1. The largest absolute Gasteiger partial charge is 0.492 e. The lowest BCUT2D eigenvalue weighted by atomic mass is 10.1. The minimum atomic E-state index is -4.85. The number of benzene rings is 2. The van der Waals surface area contributed by atoms with Gasteiger partial charge in [-0.3, -0.25) is 9.52 Å². The Balaban J connectivity index is 2.04. The number of aromatic carboxylic acids is 1. The molecule has 0 fully saturated rings. The number of carboxylic acid groups (broad SMARTS) is 1. The summed E-state index contributed by atoms with van der Waals surface area (Å²) in [6, 6.07) is 5.50. The van der Waals surface area contributed by atoms with Crippen LogP contribution in [-0.4, -0.2) is 48.5 Å². The van der Waals surface area contributed by atoms with Crippen molar-refractivity contribution in [1.82, 2.24) is 9.78 Å². The number of anilines is 2. The minimum Gasteiger partial charge on any atom is -0.492 e. The second kappa shape index (κ2) is 9.29. The average molecular weight is 512 g/mol. The number of methoxy groups -OCH3 is 1. The number of alkyl halides is 3. The molecule has 0 atom stereocenters. The first kappa shape index (κ1) is 25.6. The third-order valence-corrected chi connectivity index (χ3v) is 5.30. The molecule has 0 aliphatic carbocycles. The molecule has 14 heteroatoms. The molecule has 3 aromatic rings. The van der Waals surface area contributed by atoms with Gasteiger partial charge in [-0.25, -0.2) is 17.9 Å². The Kier molecular flexibility index (Phi) is 6.78. The molecule has 0 spiro atoms. The standard InChI is InChI=1S/C21H19F3N4O6S/c1-11-4-5-12(6-17(11)28-10-13(9-25-28)20(30)31)19(29)26-15-7-14(21(22,23)24)8-16(18(15)34-2)27-35(3,32)33/h4-10,27H,1-3H3,(H,26,29)(H,30,31). The SMILES string of the molecule is COc1c(NC(=O)c2ccc(C)c(-n3cc(C(=O)O)cn3)c2)cc(C(F)(F)F)cc1NS(C)(=O)=O. The van der Waals surface area contributed by atoms with Crippen molar-refractivity contribution in [3.8, 4) is 11.4 Å². The van der Waals surface area contributed by atoms with Crippen molar-refractivity contribution in [3.63, 3.8) is 0 Å². The molecule has 1 aromatic heterocycles. The summed E-state index contributed by atoms with van der Waals surface area (Å²) in [5.74, 6) is -2.36. The van der Waals surface area contributed by atoms with E-state index in [0.29, 0.717) is 23.4 Å². The van der Waals surface area contributed by atoms with E-state index in [4.69, 9.17) is 9.84 Å². The van der Waals surface area contributed by atoms with E-state index in [1.165, 1.54) is 23.0 Å². The fourth-order valence-electron chi connectivity index (χ4n) is 3.14. The van der Waals surface area contributed by atoms with Gasteiger partial charge in [-0.15, -0.1) is 0 Å². The monoisotopic (exact) mass is 512 g/mol. The van der Waals surface area contributed by atoms with Crippen LogP contribution in [0.3, 0.4) is 0 Å². The number of hydrogen-bond acceptors (Lipinski definition) is 6. The van der Waals surface area contributed by atoms with Crippen molar-refractivity contribution in [2.45, 2.75) is 13.1 Å². The van der Waals surface area contributed by atoms with Gasteiger partial charge >= 0.3 is 12.1 Å². The van der Waals surface area contributed by atoms with E-state index in [1.54, 1.807) is 13.0 Å². The molecule has 3 rings (SSSR count). The van der Waals surface area contributed by atoms with Crippen LogP contribution in [0.15, 0.2) is 42.7 Å². The summed E-state index contributed by atoms with van der Waals surface area (Å²) >= 11 is 0. The van der Waals surface area contributed by atoms with E-state index in [9.17, 15) is 31.2 Å². The number of rotatable bonds is 7. The molecule has 0 saturated heterocycles. The Labute approximate surface area is 197 Å². The van der Waals surface area contributed by atoms with Gasteiger partial charge in [0.2, 0.25) is 10.0 Å². The molecule has 35 heavy (non-hydrogen) atoms. The van der Waals surface area contributed by atoms with E-state index in [-0.39, 0.29) is 16.9 Å². The van der Waals surface area contributed by atoms with Gasteiger partial charge in [0, 0.05) is 11.8 Å². The lowest BCUT2D eigenvalue weighted by molar-refractivity contribution is -0.137. The zero-order valence-electron chi connectivity index (χ0n) is 18.5. The molecule has 1 heterocycles. The summed E-state index contributed by atoms with van der Waals surface area (Å²) in [6.07, 6.45) is -1.73. The summed E-state index contributed by atoms with van der Waals surface area (Å²) < 4.78 is 71.9. The predicted octanol–water partition coefficient (Wildman–Crippen LogP) is 3.53. The van der Waals surface area contributed by atoms with Gasteiger partial charge in [0.1, 0.15) is 0 Å². The number of carbonyl (C=O) groups excluding carboxylic acids is 1. The number of hydrogen-bond donors (Lipinski definition) is 3. The van der Waals surface area contributed by atoms with Crippen molar-refractivity contribution in [2.24, 2.45) is 0 Å². The first-order chi connectivity index (χ1) is 16.2. The molecule has 0 radical (unpaired) electrons. The topological polar surface area (TPSA) is 140 Å². The Morgan fingerprint density at radius 3 is 2.31 bits per heavy atom. The van der Waals surface area contributed by atoms with Crippen LogP contribution in [0.1, 0.15) is 31.8 Å². The Morgan fingerprint density at radius 2 is 1.77 bits per heavy atom. The maximum absolute atomic E-state index is 13.4. The van der Waals surface area contributed by atoms with Crippen molar-refractivity contribution >= 4 is 33.3 Å². The molecule has 1 amide bonds. The van der Waals surface area contributed by atoms with Crippen LogP contribution < -0.4 is 14.8 Å². The van der Waals surface area contributed by atoms with E-state index in [2.05, 4.69) is 10.4 Å². The smallest absolute Gasteiger partial charge is 0.416 e. The molecule has 0 aliphatic rings. The first-order valence-electron chi connectivity index (χ1n) is 9.67. The van der Waals surface area contributed by atoms with Crippen LogP contribution in [0.4, 0.5) is 24.5 Å². The van der Waals surface area contributed by atoms with Gasteiger partial charge in [0.05, 0.1) is 47.8 Å². The highest BCUT2D eigenvalue weighted by atomic mass is 32.2. The van der Waals surface area contributed by atoms with Crippen molar-refractivity contribution in [3.05, 3.63) is 65.0 Å². The van der Waals surface area contributed by atoms with E-state index in [1.807, 2.05) is 4.72 Å². The molecule has 0 aliphatic heterocycles. The number of amides is 1. The van der Waals surface area contributed by atoms with Crippen molar-refractivity contribution in [2.75, 3.05) is 23.4 Å². The molecule has 0 saturated carbocycles. The summed E-state index contributed by atoms with van der Waals surface area (Å²) in [5.41, 5.74) is -1.23. The third-order valence-electron chi connectivity index (χ3n) is 4.71. The fourth-order valence-corrected chi connectivity index (χ4v) is 3.69. The molecular weight excluding hydrogens is 493 g/mol. The quantitative estimate of drug-likeness (QED) is 0.440. The number of aromatic nitrogens is 2. The predicted molar refractivity (Wildman–Crippen MR) is 120 cm³/mol. The van der Waals surface area contributed by atoms with Crippen LogP contribution in [0.5, 0.6) is 5.75 Å². The minimum absolute atomic E-state index is 0.00932. The average Bonchev–Trinajstić information content (AvgIpc) is 3.22. The lowest BCUT2D eigenvalue weighted by Crippen LogP contribution is -2.17. The summed E-state index contributed by atoms with van der Waals surface area (Å²) in [7, 11) is -2.87. The Morgan fingerprint density at radius 1 is 1.11 bits per heavy atom. The zero-order chi connectivity index (χ0) is 26.1. The van der Waals surface area contributed by atoms with Crippen LogP contribution in [0, 0.1) is 6.92 Å². The third kappa shape index (κ3) is 5.90. The summed E-state index contributed by atoms with van der Waals surface area (Å²) in [4.78, 5) is 24.1. The fraction of sp³-hybridized carbons (Fsp3) is 0.190. The molecule has 10 nitrogen and oxygen atoms in total. The maximum atomic E-state index is 13.4. The molecule has 3 N–H and O–H groups in total. The van der Waals surface area contributed by atoms with E-state index >= 15 is 0 Å². The molecule has 186 valence electrons. The maximum Gasteiger partial charge on any atom is 0.416 e. The highest BCUT2D eigenvalue weighted by Gasteiger charge is 2.33. The van der Waals surface area contributed by atoms with Crippen molar-refractivity contribution < 1.29 is 41.0 Å². The number of carboxylic acids is 1. The second-order valence-corrected chi connectivity index (χ2v) is 9.16. The van der Waals surface area contributed by atoms with Gasteiger partial charge in [0.25, 0.3) is 5.91 Å². The highest BCUT2D eigenvalue weighted by Crippen LogP contribution is 2.41. The lowest BCUT2D eigenvalue weighted by Gasteiger charge is -2.18. The molecule has 2 aromatic carbocycles. The van der Waals surface area contributed by atoms with Crippen molar-refractivity contribution in [1.29, 1.82) is 0 Å². The van der Waals surface area contributed by atoms with Gasteiger partial charge < -0.3 is 15.2 Å². The normalized spacial score (nSPS) is 11.7.